The van der Waals surface area contributed by atoms with Crippen LogP contribution >= 0.6 is 0 Å². The number of rotatable bonds is 6. The number of hydrogen-bond donors (Lipinski definition) is 5. The Bertz CT molecular complexity index is 1250. The first-order chi connectivity index (χ1) is 17.4. The number of piperidine rings is 1. The van der Waals surface area contributed by atoms with Crippen molar-refractivity contribution in [2.75, 3.05) is 32.1 Å². The third kappa shape index (κ3) is 5.73. The number of pyridine rings is 1. The zero-order valence-electron chi connectivity index (χ0n) is 19.7. The number of fused-ring (bicyclic) bond motifs is 1. The number of nitrogens with zero attached hydrogens (tertiary/aromatic N) is 3. The highest BCUT2D eigenvalue weighted by Crippen LogP contribution is 2.27. The largest absolute Gasteiger partial charge is 0.457 e. The van der Waals surface area contributed by atoms with E-state index in [1.54, 1.807) is 43.6 Å². The van der Waals surface area contributed by atoms with Gasteiger partial charge in [-0.05, 0) is 43.2 Å². The zero-order chi connectivity index (χ0) is 25.7. The lowest BCUT2D eigenvalue weighted by molar-refractivity contribution is -0.136. The van der Waals surface area contributed by atoms with E-state index in [0.29, 0.717) is 37.4 Å². The second-order valence-electron chi connectivity index (χ2n) is 8.33. The van der Waals surface area contributed by atoms with Crippen molar-refractivity contribution in [2.45, 2.75) is 25.0 Å². The van der Waals surface area contributed by atoms with Crippen LogP contribution in [0.4, 0.5) is 15.4 Å². The molecule has 0 saturated carbocycles. The van der Waals surface area contributed by atoms with Crippen LogP contribution in [-0.2, 0) is 4.79 Å². The van der Waals surface area contributed by atoms with E-state index >= 15 is 0 Å². The van der Waals surface area contributed by atoms with Gasteiger partial charge in [-0.1, -0.05) is 0 Å². The molecule has 1 fully saturated rings. The molecule has 1 saturated heterocycles. The highest BCUT2D eigenvalue weighted by Gasteiger charge is 2.28. The fourth-order valence-corrected chi connectivity index (χ4v) is 3.96. The first-order valence-corrected chi connectivity index (χ1v) is 11.5. The van der Waals surface area contributed by atoms with Crippen LogP contribution < -0.4 is 20.7 Å². The Morgan fingerprint density at radius 1 is 1.14 bits per heavy atom. The summed E-state index contributed by atoms with van der Waals surface area (Å²) in [6.45, 7) is 0.165. The van der Waals surface area contributed by atoms with E-state index in [2.05, 4.69) is 20.9 Å². The van der Waals surface area contributed by atoms with Crippen LogP contribution in [0.15, 0.2) is 48.8 Å². The molecule has 12 nitrogen and oxygen atoms in total. The lowest BCUT2D eigenvalue weighted by Crippen LogP contribution is -2.53. The SMILES string of the molecule is CNC(=O)n1ccc2cc(Oc3ccnc(NC(=O)NC(CO)C(=O)N4CCC(O)CC4)c3)ccc21. The summed E-state index contributed by atoms with van der Waals surface area (Å²) in [6.07, 6.45) is 3.60. The Morgan fingerprint density at radius 3 is 2.61 bits per heavy atom. The molecule has 3 heterocycles. The smallest absolute Gasteiger partial charge is 0.325 e. The minimum absolute atomic E-state index is 0.182. The van der Waals surface area contributed by atoms with Gasteiger partial charge in [0.1, 0.15) is 23.4 Å². The second-order valence-corrected chi connectivity index (χ2v) is 8.33. The molecule has 3 aromatic rings. The van der Waals surface area contributed by atoms with Gasteiger partial charge in [0.2, 0.25) is 5.91 Å². The molecule has 1 atom stereocenters. The molecule has 2 aromatic heterocycles. The van der Waals surface area contributed by atoms with Crippen LogP contribution in [-0.4, -0.2) is 81.5 Å². The third-order valence-corrected chi connectivity index (χ3v) is 5.87. The van der Waals surface area contributed by atoms with E-state index in [9.17, 15) is 24.6 Å². The monoisotopic (exact) mass is 496 g/mol. The lowest BCUT2D eigenvalue weighted by atomic mass is 10.1. The highest BCUT2D eigenvalue weighted by atomic mass is 16.5. The van der Waals surface area contributed by atoms with Crippen LogP contribution in [0.2, 0.25) is 0 Å². The number of likely N-dealkylation sites (tertiary alicyclic amines) is 1. The molecule has 1 aliphatic rings. The van der Waals surface area contributed by atoms with Gasteiger partial charge in [-0.3, -0.25) is 14.7 Å². The summed E-state index contributed by atoms with van der Waals surface area (Å²) in [5.74, 6) is 0.704. The molecule has 0 radical (unpaired) electrons. The Labute approximate surface area is 206 Å². The Kier molecular flexibility index (Phi) is 7.66. The summed E-state index contributed by atoms with van der Waals surface area (Å²) in [7, 11) is 1.56. The van der Waals surface area contributed by atoms with Gasteiger partial charge in [0.05, 0.1) is 18.2 Å². The van der Waals surface area contributed by atoms with E-state index in [1.165, 1.54) is 21.7 Å². The van der Waals surface area contributed by atoms with Crippen LogP contribution in [0.25, 0.3) is 10.9 Å². The first-order valence-electron chi connectivity index (χ1n) is 11.5. The average Bonchev–Trinajstić information content (AvgIpc) is 3.30. The molecule has 4 amide bonds. The van der Waals surface area contributed by atoms with Crippen molar-refractivity contribution >= 4 is 34.7 Å². The van der Waals surface area contributed by atoms with E-state index in [4.69, 9.17) is 4.74 Å². The van der Waals surface area contributed by atoms with Crippen molar-refractivity contribution in [3.8, 4) is 11.5 Å². The highest BCUT2D eigenvalue weighted by molar-refractivity contribution is 5.93. The van der Waals surface area contributed by atoms with Crippen molar-refractivity contribution in [2.24, 2.45) is 0 Å². The summed E-state index contributed by atoms with van der Waals surface area (Å²) in [4.78, 5) is 42.6. The van der Waals surface area contributed by atoms with Gasteiger partial charge >= 0.3 is 12.1 Å². The molecule has 1 aromatic carbocycles. The summed E-state index contributed by atoms with van der Waals surface area (Å²) in [6, 6.07) is 8.13. The van der Waals surface area contributed by atoms with Gasteiger partial charge in [-0.15, -0.1) is 0 Å². The predicted molar refractivity (Wildman–Crippen MR) is 131 cm³/mol. The van der Waals surface area contributed by atoms with Crippen LogP contribution in [0.3, 0.4) is 0 Å². The maximum absolute atomic E-state index is 12.6. The number of aromatic nitrogens is 2. The van der Waals surface area contributed by atoms with Gasteiger partial charge < -0.3 is 30.5 Å². The molecule has 190 valence electrons. The molecule has 0 bridgehead atoms. The molecule has 1 unspecified atom stereocenters. The van der Waals surface area contributed by atoms with Crippen molar-refractivity contribution in [1.29, 1.82) is 0 Å². The van der Waals surface area contributed by atoms with E-state index in [0.717, 1.165) is 10.9 Å². The number of amides is 4. The Hall–Kier alpha value is -4.16. The van der Waals surface area contributed by atoms with Gasteiger partial charge in [0.15, 0.2) is 0 Å². The number of hydrogen-bond acceptors (Lipinski definition) is 7. The van der Waals surface area contributed by atoms with Crippen molar-refractivity contribution < 1.29 is 29.3 Å². The number of urea groups is 1. The normalized spacial score (nSPS) is 14.8. The van der Waals surface area contributed by atoms with Gasteiger partial charge in [0.25, 0.3) is 0 Å². The third-order valence-electron chi connectivity index (χ3n) is 5.87. The van der Waals surface area contributed by atoms with Gasteiger partial charge in [0, 0.05) is 44.0 Å². The van der Waals surface area contributed by atoms with Crippen molar-refractivity contribution in [3.63, 3.8) is 0 Å². The number of aliphatic hydroxyl groups is 2. The number of benzene rings is 1. The minimum Gasteiger partial charge on any atom is -0.457 e. The molecule has 12 heteroatoms. The molecule has 5 N–H and O–H groups in total. The maximum Gasteiger partial charge on any atom is 0.325 e. The quantitative estimate of drug-likeness (QED) is 0.346. The summed E-state index contributed by atoms with van der Waals surface area (Å²) >= 11 is 0. The molecule has 0 spiro atoms. The number of aliphatic hydroxyl groups excluding tert-OH is 2. The number of anilines is 1. The molecular formula is C24H28N6O6. The topological polar surface area (TPSA) is 158 Å². The number of ether oxygens (including phenoxy) is 1. The summed E-state index contributed by atoms with van der Waals surface area (Å²) < 4.78 is 7.38. The molecular weight excluding hydrogens is 468 g/mol. The van der Waals surface area contributed by atoms with Crippen LogP contribution in [0.1, 0.15) is 12.8 Å². The fourth-order valence-electron chi connectivity index (χ4n) is 3.96. The minimum atomic E-state index is -1.12. The molecule has 36 heavy (non-hydrogen) atoms. The first kappa shape index (κ1) is 24.9. The standard InChI is InChI=1S/C24H28N6O6/c1-25-24(35)30-11-5-15-12-17(2-3-20(15)30)36-18-4-8-26-21(13-18)28-23(34)27-19(14-31)22(33)29-9-6-16(32)7-10-29/h2-5,8,11-13,16,19,31-32H,6-7,9-10,14H2,1H3,(H,25,35)(H2,26,27,28,34). The number of carbonyl (C=O) groups is 3. The molecule has 0 aliphatic carbocycles. The van der Waals surface area contributed by atoms with E-state index < -0.39 is 30.7 Å². The van der Waals surface area contributed by atoms with E-state index in [-0.39, 0.29) is 11.8 Å². The lowest BCUT2D eigenvalue weighted by Gasteiger charge is -2.32. The fraction of sp³-hybridized carbons (Fsp3) is 0.333. The average molecular weight is 497 g/mol. The van der Waals surface area contributed by atoms with Crippen molar-refractivity contribution in [1.82, 2.24) is 25.1 Å². The second kappa shape index (κ2) is 11.1. The van der Waals surface area contributed by atoms with Crippen LogP contribution in [0.5, 0.6) is 11.5 Å². The molecule has 4 rings (SSSR count). The predicted octanol–water partition coefficient (Wildman–Crippen LogP) is 1.48. The maximum atomic E-state index is 12.6. The number of nitrogens with one attached hydrogen (secondary N) is 3. The Morgan fingerprint density at radius 2 is 1.89 bits per heavy atom. The van der Waals surface area contributed by atoms with E-state index in [1.807, 2.05) is 0 Å². The van der Waals surface area contributed by atoms with Crippen molar-refractivity contribution in [3.05, 3.63) is 48.8 Å². The summed E-state index contributed by atoms with van der Waals surface area (Å²) in [5.41, 5.74) is 0.726. The molecule has 1 aliphatic heterocycles. The summed E-state index contributed by atoms with van der Waals surface area (Å²) in [5, 5.41) is 27.6. The van der Waals surface area contributed by atoms with Crippen LogP contribution in [0, 0.1) is 0 Å². The Balaban J connectivity index is 1.38. The van der Waals surface area contributed by atoms with Gasteiger partial charge in [-0.2, -0.15) is 0 Å². The number of carbonyl (C=O) groups excluding carboxylic acids is 3. The zero-order valence-corrected chi connectivity index (χ0v) is 19.7. The van der Waals surface area contributed by atoms with Gasteiger partial charge in [-0.25, -0.2) is 14.6 Å².